The van der Waals surface area contributed by atoms with Gasteiger partial charge < -0.3 is 19.5 Å². The van der Waals surface area contributed by atoms with Crippen LogP contribution in [0.4, 0.5) is 10.5 Å². The number of methoxy groups -OCH3 is 1. The van der Waals surface area contributed by atoms with Gasteiger partial charge in [-0.25, -0.2) is 4.79 Å². The molecule has 0 saturated carbocycles. The predicted molar refractivity (Wildman–Crippen MR) is 91.1 cm³/mol. The number of ether oxygens (including phenoxy) is 3. The Morgan fingerprint density at radius 1 is 1.22 bits per heavy atom. The molecule has 6 nitrogen and oxygen atoms in total. The zero-order valence-corrected chi connectivity index (χ0v) is 14.6. The van der Waals surface area contributed by atoms with E-state index in [1.165, 1.54) is 0 Å². The predicted octanol–water partition coefficient (Wildman–Crippen LogP) is 3.04. The Labute approximate surface area is 138 Å². The van der Waals surface area contributed by atoms with Crippen molar-refractivity contribution in [2.75, 3.05) is 32.2 Å². The van der Waals surface area contributed by atoms with E-state index < -0.39 is 11.7 Å². The van der Waals surface area contributed by atoms with E-state index in [1.807, 2.05) is 32.9 Å². The molecule has 6 heteroatoms. The lowest BCUT2D eigenvalue weighted by molar-refractivity contribution is 0.0636. The molecule has 1 aromatic rings. The average molecular weight is 324 g/mol. The fraction of sp³-hybridized carbons (Fsp3) is 0.588. The van der Waals surface area contributed by atoms with E-state index in [4.69, 9.17) is 14.2 Å². The van der Waals surface area contributed by atoms with Crippen LogP contribution in [0.5, 0.6) is 5.75 Å². The summed E-state index contributed by atoms with van der Waals surface area (Å²) in [6.45, 7) is 9.50. The average Bonchev–Trinajstić information content (AvgIpc) is 2.43. The first-order valence-electron chi connectivity index (χ1n) is 7.75. The molecule has 0 aliphatic rings. The van der Waals surface area contributed by atoms with Crippen molar-refractivity contribution in [2.45, 2.75) is 39.3 Å². The molecule has 1 rings (SSSR count). The van der Waals surface area contributed by atoms with Crippen LogP contribution in [-0.2, 0) is 9.47 Å². The Balaban J connectivity index is 2.32. The van der Waals surface area contributed by atoms with Crippen molar-refractivity contribution >= 4 is 11.8 Å². The van der Waals surface area contributed by atoms with E-state index in [1.54, 1.807) is 19.2 Å². The molecule has 0 spiro atoms. The quantitative estimate of drug-likeness (QED) is 0.719. The number of nitrogens with one attached hydrogen (secondary N) is 2. The largest absolute Gasteiger partial charge is 0.492 e. The highest BCUT2D eigenvalue weighted by atomic mass is 16.6. The first-order valence-corrected chi connectivity index (χ1v) is 7.75. The van der Waals surface area contributed by atoms with E-state index in [9.17, 15) is 4.79 Å². The van der Waals surface area contributed by atoms with Gasteiger partial charge in [-0.15, -0.1) is 0 Å². The monoisotopic (exact) mass is 324 g/mol. The summed E-state index contributed by atoms with van der Waals surface area (Å²) in [6.07, 6.45) is -0.470. The molecule has 1 aromatic carbocycles. The zero-order chi connectivity index (χ0) is 17.3. The lowest BCUT2D eigenvalue weighted by Gasteiger charge is -2.19. The van der Waals surface area contributed by atoms with E-state index in [0.29, 0.717) is 24.9 Å². The SMILES string of the molecule is COCC(C)NCCOc1ccc(NC(=O)OC(C)(C)C)cc1. The Bertz CT molecular complexity index is 468. The summed E-state index contributed by atoms with van der Waals surface area (Å²) < 4.78 is 15.9. The van der Waals surface area contributed by atoms with E-state index >= 15 is 0 Å². The first-order chi connectivity index (χ1) is 10.8. The van der Waals surface area contributed by atoms with Crippen LogP contribution in [0.3, 0.4) is 0 Å². The smallest absolute Gasteiger partial charge is 0.412 e. The van der Waals surface area contributed by atoms with Gasteiger partial charge in [0.1, 0.15) is 18.0 Å². The minimum atomic E-state index is -0.514. The molecule has 0 saturated heterocycles. The third-order valence-corrected chi connectivity index (χ3v) is 2.78. The molecule has 1 atom stereocenters. The van der Waals surface area contributed by atoms with Crippen molar-refractivity contribution in [2.24, 2.45) is 0 Å². The van der Waals surface area contributed by atoms with Gasteiger partial charge in [0.05, 0.1) is 6.61 Å². The Morgan fingerprint density at radius 3 is 2.43 bits per heavy atom. The second-order valence-electron chi connectivity index (χ2n) is 6.31. The Hall–Kier alpha value is -1.79. The number of carbonyl (C=O) groups excluding carboxylic acids is 1. The molecular weight excluding hydrogens is 296 g/mol. The van der Waals surface area contributed by atoms with Crippen LogP contribution in [0.25, 0.3) is 0 Å². The van der Waals surface area contributed by atoms with Gasteiger partial charge in [-0.1, -0.05) is 0 Å². The molecular formula is C17H28N2O4. The summed E-state index contributed by atoms with van der Waals surface area (Å²) in [4.78, 5) is 11.7. The molecule has 0 aliphatic heterocycles. The van der Waals surface area contributed by atoms with Crippen LogP contribution in [0, 0.1) is 0 Å². The number of carbonyl (C=O) groups is 1. The minimum absolute atomic E-state index is 0.295. The fourth-order valence-electron chi connectivity index (χ4n) is 1.84. The minimum Gasteiger partial charge on any atom is -0.492 e. The molecule has 0 fully saturated rings. The van der Waals surface area contributed by atoms with Crippen LogP contribution in [0.15, 0.2) is 24.3 Å². The van der Waals surface area contributed by atoms with Gasteiger partial charge in [0.2, 0.25) is 0 Å². The lowest BCUT2D eigenvalue weighted by atomic mass is 10.2. The number of amides is 1. The molecule has 0 radical (unpaired) electrons. The number of hydrogen-bond donors (Lipinski definition) is 2. The van der Waals surface area contributed by atoms with Crippen molar-refractivity contribution < 1.29 is 19.0 Å². The maximum atomic E-state index is 11.7. The molecule has 0 aromatic heterocycles. The van der Waals surface area contributed by atoms with Gasteiger partial charge in [0, 0.05) is 25.4 Å². The normalized spacial score (nSPS) is 12.6. The third kappa shape index (κ3) is 9.05. The van der Waals surface area contributed by atoms with Gasteiger partial charge in [-0.3, -0.25) is 5.32 Å². The third-order valence-electron chi connectivity index (χ3n) is 2.78. The summed E-state index contributed by atoms with van der Waals surface area (Å²) in [5.41, 5.74) is 0.151. The van der Waals surface area contributed by atoms with Crippen molar-refractivity contribution in [3.05, 3.63) is 24.3 Å². The van der Waals surface area contributed by atoms with Crippen LogP contribution < -0.4 is 15.4 Å². The lowest BCUT2D eigenvalue weighted by Crippen LogP contribution is -2.33. The maximum Gasteiger partial charge on any atom is 0.412 e. The second kappa shape index (κ2) is 9.37. The molecule has 130 valence electrons. The number of anilines is 1. The Kier molecular flexibility index (Phi) is 7.85. The van der Waals surface area contributed by atoms with Crippen molar-refractivity contribution in [1.82, 2.24) is 5.32 Å². The summed E-state index contributed by atoms with van der Waals surface area (Å²) in [5, 5.41) is 5.97. The molecule has 0 heterocycles. The Morgan fingerprint density at radius 2 is 1.87 bits per heavy atom. The highest BCUT2D eigenvalue weighted by molar-refractivity contribution is 5.84. The van der Waals surface area contributed by atoms with Crippen molar-refractivity contribution in [1.29, 1.82) is 0 Å². The van der Waals surface area contributed by atoms with Gasteiger partial charge >= 0.3 is 6.09 Å². The standard InChI is InChI=1S/C17H28N2O4/c1-13(12-21-5)18-10-11-22-15-8-6-14(7-9-15)19-16(20)23-17(2,3)4/h6-9,13,18H,10-12H2,1-5H3,(H,19,20). The van der Waals surface area contributed by atoms with Crippen LogP contribution >= 0.6 is 0 Å². The highest BCUT2D eigenvalue weighted by Gasteiger charge is 2.16. The second-order valence-corrected chi connectivity index (χ2v) is 6.31. The van der Waals surface area contributed by atoms with Gasteiger partial charge in [0.15, 0.2) is 0 Å². The summed E-state index contributed by atoms with van der Waals surface area (Å²) in [7, 11) is 1.68. The molecule has 2 N–H and O–H groups in total. The fourth-order valence-corrected chi connectivity index (χ4v) is 1.84. The van der Waals surface area contributed by atoms with Gasteiger partial charge in [-0.2, -0.15) is 0 Å². The molecule has 0 aliphatic carbocycles. The van der Waals surface area contributed by atoms with Crippen LogP contribution in [0.2, 0.25) is 0 Å². The highest BCUT2D eigenvalue weighted by Crippen LogP contribution is 2.16. The van der Waals surface area contributed by atoms with Crippen LogP contribution in [0.1, 0.15) is 27.7 Å². The number of benzene rings is 1. The number of rotatable bonds is 8. The number of hydrogen-bond acceptors (Lipinski definition) is 5. The molecule has 23 heavy (non-hydrogen) atoms. The topological polar surface area (TPSA) is 68.8 Å². The van der Waals surface area contributed by atoms with E-state index in [2.05, 4.69) is 17.6 Å². The van der Waals surface area contributed by atoms with E-state index in [-0.39, 0.29) is 0 Å². The molecule has 1 unspecified atom stereocenters. The van der Waals surface area contributed by atoms with Crippen molar-refractivity contribution in [3.63, 3.8) is 0 Å². The maximum absolute atomic E-state index is 11.7. The molecule has 1 amide bonds. The van der Waals surface area contributed by atoms with Gasteiger partial charge in [0.25, 0.3) is 0 Å². The van der Waals surface area contributed by atoms with E-state index in [0.717, 1.165) is 12.3 Å². The summed E-state index contributed by atoms with van der Waals surface area (Å²) in [6, 6.07) is 7.47. The first kappa shape index (κ1) is 19.3. The molecule has 0 bridgehead atoms. The van der Waals surface area contributed by atoms with Crippen molar-refractivity contribution in [3.8, 4) is 5.75 Å². The summed E-state index contributed by atoms with van der Waals surface area (Å²) >= 11 is 0. The summed E-state index contributed by atoms with van der Waals surface area (Å²) in [5.74, 6) is 0.751. The zero-order valence-electron chi connectivity index (χ0n) is 14.6. The van der Waals surface area contributed by atoms with Gasteiger partial charge in [-0.05, 0) is 52.0 Å². The van der Waals surface area contributed by atoms with Crippen LogP contribution in [-0.4, -0.2) is 44.6 Å².